The van der Waals surface area contributed by atoms with Crippen molar-refractivity contribution >= 4 is 36.2 Å². The van der Waals surface area contributed by atoms with Crippen LogP contribution in [-0.4, -0.2) is 137 Å². The van der Waals surface area contributed by atoms with Gasteiger partial charge in [-0.3, -0.25) is 4.79 Å². The molecule has 17 nitrogen and oxygen atoms in total. The third-order valence-corrected chi connectivity index (χ3v) is 10.4. The van der Waals surface area contributed by atoms with Gasteiger partial charge < -0.3 is 54.1 Å². The van der Waals surface area contributed by atoms with Crippen molar-refractivity contribution in [3.8, 4) is 28.7 Å². The number of fused-ring (bicyclic) bond motifs is 3. The van der Waals surface area contributed by atoms with Gasteiger partial charge >= 0.3 is 30.3 Å². The second-order valence-corrected chi connectivity index (χ2v) is 19.6. The Kier molecular flexibility index (Phi) is 17.4. The molecule has 0 aromatic heterocycles. The number of hydrogen-bond acceptors (Lipinski definition) is 11. The maximum atomic E-state index is 13.6. The molecule has 3 aromatic rings. The Morgan fingerprint density at radius 1 is 0.676 bits per heavy atom. The lowest BCUT2D eigenvalue weighted by molar-refractivity contribution is -0.139. The number of alkyl carbamates (subject to hydrolysis) is 1. The maximum Gasteiger partial charge on any atom is 0.410 e. The third kappa shape index (κ3) is 16.1. The van der Waals surface area contributed by atoms with Crippen molar-refractivity contribution < 1.29 is 57.6 Å². The number of ether oxygens (including phenoxy) is 5. The molecule has 0 spiro atoms. The standard InChI is InChI=1S/C51H65N5O12/c1-49(2,3)66-46(61)54-27-29-55(47(62)67-50(4,5)6)31-36(32-56(30-28-54)48(63)68-51(7,8)9)65-35-22-20-34(21-23-35)15-14-26-52-43(57)25-24-42(44(58)59)53-45(60)64-33-41-39-18-12-10-16-37(39)38-17-11-13-19-40(38)41/h10-13,16-23,36,41-42H,24-33H2,1-9H3,(H,52,57)(H,53,60)(H,58,59). The zero-order chi connectivity index (χ0) is 49.8. The predicted octanol–water partition coefficient (Wildman–Crippen LogP) is 7.40. The Hall–Kier alpha value is -6.96. The zero-order valence-corrected chi connectivity index (χ0v) is 40.5. The number of benzene rings is 3. The first-order valence-electron chi connectivity index (χ1n) is 22.7. The summed E-state index contributed by atoms with van der Waals surface area (Å²) in [4.78, 5) is 82.2. The van der Waals surface area contributed by atoms with Crippen LogP contribution in [0.1, 0.15) is 97.8 Å². The number of amides is 5. The number of carboxylic acids is 1. The third-order valence-electron chi connectivity index (χ3n) is 10.4. The molecule has 0 radical (unpaired) electrons. The zero-order valence-electron chi connectivity index (χ0n) is 40.5. The van der Waals surface area contributed by atoms with Crippen LogP contribution in [0.4, 0.5) is 19.2 Å². The molecule has 1 aliphatic carbocycles. The van der Waals surface area contributed by atoms with E-state index in [1.807, 2.05) is 48.5 Å². The number of nitrogens with zero attached hydrogens (tertiary/aromatic N) is 3. The predicted molar refractivity (Wildman–Crippen MR) is 253 cm³/mol. The van der Waals surface area contributed by atoms with Crippen LogP contribution in [0.5, 0.6) is 5.75 Å². The average Bonchev–Trinajstić information content (AvgIpc) is 3.56. The summed E-state index contributed by atoms with van der Waals surface area (Å²) in [5.41, 5.74) is 2.38. The van der Waals surface area contributed by atoms with E-state index in [1.165, 1.54) is 14.7 Å². The van der Waals surface area contributed by atoms with Gasteiger partial charge in [-0.25, -0.2) is 24.0 Å². The van der Waals surface area contributed by atoms with Crippen molar-refractivity contribution in [3.63, 3.8) is 0 Å². The number of nitrogens with one attached hydrogen (secondary N) is 2. The number of rotatable bonds is 10. The average molecular weight is 940 g/mol. The highest BCUT2D eigenvalue weighted by molar-refractivity contribution is 5.82. The number of hydrogen-bond donors (Lipinski definition) is 3. The van der Waals surface area contributed by atoms with E-state index < -0.39 is 65.2 Å². The molecule has 0 bridgehead atoms. The second-order valence-electron chi connectivity index (χ2n) is 19.6. The lowest BCUT2D eigenvalue weighted by Gasteiger charge is -2.37. The van der Waals surface area contributed by atoms with Crippen LogP contribution in [-0.2, 0) is 28.5 Å². The highest BCUT2D eigenvalue weighted by Crippen LogP contribution is 2.44. The molecule has 1 atom stereocenters. The molecular formula is C51H65N5O12. The summed E-state index contributed by atoms with van der Waals surface area (Å²) in [5.74, 6) is 4.33. The Bertz CT molecular complexity index is 2250. The van der Waals surface area contributed by atoms with Gasteiger partial charge in [0.05, 0.1) is 19.6 Å². The first-order valence-corrected chi connectivity index (χ1v) is 22.7. The normalized spacial score (nSPS) is 15.0. The molecule has 1 unspecified atom stereocenters. The van der Waals surface area contributed by atoms with Crippen LogP contribution >= 0.6 is 0 Å². The van der Waals surface area contributed by atoms with Crippen molar-refractivity contribution in [1.82, 2.24) is 25.3 Å². The smallest absolute Gasteiger partial charge is 0.410 e. The second kappa shape index (κ2) is 22.7. The minimum absolute atomic E-state index is 0.00367. The highest BCUT2D eigenvalue weighted by Gasteiger charge is 2.34. The molecule has 366 valence electrons. The topological polar surface area (TPSA) is 203 Å². The van der Waals surface area contributed by atoms with Crippen LogP contribution in [0.15, 0.2) is 72.8 Å². The van der Waals surface area contributed by atoms with Crippen molar-refractivity contribution in [2.45, 2.75) is 110 Å². The van der Waals surface area contributed by atoms with E-state index in [9.17, 15) is 33.9 Å². The fourth-order valence-electron chi connectivity index (χ4n) is 7.40. The van der Waals surface area contributed by atoms with Crippen LogP contribution in [0.2, 0.25) is 0 Å². The van der Waals surface area contributed by atoms with Crippen LogP contribution in [0.25, 0.3) is 11.1 Å². The van der Waals surface area contributed by atoms with E-state index in [0.717, 1.165) is 22.3 Å². The number of aliphatic carboxylic acids is 1. The molecule has 5 amide bonds. The van der Waals surface area contributed by atoms with Gasteiger partial charge in [-0.1, -0.05) is 60.4 Å². The molecule has 5 rings (SSSR count). The summed E-state index contributed by atoms with van der Waals surface area (Å²) in [6.07, 6.45) is -3.84. The Balaban J connectivity index is 1.16. The van der Waals surface area contributed by atoms with Gasteiger partial charge in [-0.15, -0.1) is 0 Å². The summed E-state index contributed by atoms with van der Waals surface area (Å²) >= 11 is 0. The van der Waals surface area contributed by atoms with Crippen molar-refractivity contribution in [1.29, 1.82) is 0 Å². The van der Waals surface area contributed by atoms with Gasteiger partial charge in [-0.05, 0) is 115 Å². The van der Waals surface area contributed by atoms with E-state index >= 15 is 0 Å². The van der Waals surface area contributed by atoms with E-state index in [2.05, 4.69) is 22.5 Å². The Morgan fingerprint density at radius 3 is 1.63 bits per heavy atom. The summed E-state index contributed by atoms with van der Waals surface area (Å²) in [6.45, 7) is 16.2. The number of carboxylic acid groups (broad SMARTS) is 1. The molecule has 1 fully saturated rings. The number of carbonyl (C=O) groups excluding carboxylic acids is 5. The minimum atomic E-state index is -1.35. The SMILES string of the molecule is CC(C)(C)OC(=O)N1CCN(C(=O)OC(C)(C)C)CC(Oc2ccc(C#CCNC(=O)CCC(NC(=O)OCC3c4ccccc4-c4ccccc43)C(=O)O)cc2)CN(C(=O)OC(C)(C)C)CC1. The van der Waals surface area contributed by atoms with Gasteiger partial charge in [0, 0.05) is 44.1 Å². The summed E-state index contributed by atoms with van der Waals surface area (Å²) in [5, 5.41) is 14.8. The van der Waals surface area contributed by atoms with E-state index in [0.29, 0.717) is 11.3 Å². The van der Waals surface area contributed by atoms with Crippen molar-refractivity contribution in [3.05, 3.63) is 89.5 Å². The summed E-state index contributed by atoms with van der Waals surface area (Å²) in [7, 11) is 0. The molecule has 0 saturated carbocycles. The van der Waals surface area contributed by atoms with Crippen LogP contribution < -0.4 is 15.4 Å². The lowest BCUT2D eigenvalue weighted by Crippen LogP contribution is -2.54. The van der Waals surface area contributed by atoms with Crippen molar-refractivity contribution in [2.24, 2.45) is 0 Å². The Labute approximate surface area is 398 Å². The van der Waals surface area contributed by atoms with Crippen molar-refractivity contribution in [2.75, 3.05) is 52.4 Å². The molecule has 68 heavy (non-hydrogen) atoms. The largest absolute Gasteiger partial charge is 0.487 e. The maximum absolute atomic E-state index is 13.6. The van der Waals surface area contributed by atoms with Gasteiger partial charge in [0.15, 0.2) is 0 Å². The van der Waals surface area contributed by atoms with Gasteiger partial charge in [-0.2, -0.15) is 0 Å². The van der Waals surface area contributed by atoms with Gasteiger partial charge in [0.2, 0.25) is 5.91 Å². The molecule has 1 saturated heterocycles. The Morgan fingerprint density at radius 2 is 1.15 bits per heavy atom. The van der Waals surface area contributed by atoms with Crippen LogP contribution in [0, 0.1) is 11.8 Å². The molecular weight excluding hydrogens is 875 g/mol. The van der Waals surface area contributed by atoms with E-state index in [1.54, 1.807) is 86.6 Å². The van der Waals surface area contributed by atoms with Gasteiger partial charge in [0.25, 0.3) is 0 Å². The molecule has 3 aromatic carbocycles. The van der Waals surface area contributed by atoms with Gasteiger partial charge in [0.1, 0.15) is 41.3 Å². The molecule has 3 N–H and O–H groups in total. The monoisotopic (exact) mass is 939 g/mol. The van der Waals surface area contributed by atoms with E-state index in [-0.39, 0.29) is 71.2 Å². The minimum Gasteiger partial charge on any atom is -0.487 e. The first kappa shape index (κ1) is 52.0. The quantitative estimate of drug-likeness (QED) is 0.135. The molecule has 1 aliphatic heterocycles. The number of carbonyl (C=O) groups is 6. The fraction of sp³-hybridized carbons (Fsp3) is 0.490. The lowest BCUT2D eigenvalue weighted by atomic mass is 9.98. The van der Waals surface area contributed by atoms with Crippen LogP contribution in [0.3, 0.4) is 0 Å². The fourth-order valence-corrected chi connectivity index (χ4v) is 7.40. The summed E-state index contributed by atoms with van der Waals surface area (Å²) < 4.78 is 29.0. The molecule has 1 heterocycles. The van der Waals surface area contributed by atoms with E-state index in [4.69, 9.17) is 23.7 Å². The highest BCUT2D eigenvalue weighted by atomic mass is 16.6. The molecule has 2 aliphatic rings. The molecule has 17 heteroatoms. The summed E-state index contributed by atoms with van der Waals surface area (Å²) in [6, 6.07) is 21.2. The first-order chi connectivity index (χ1) is 31.9.